The number of benzene rings is 1. The Kier molecular flexibility index (Phi) is 4.17. The van der Waals surface area contributed by atoms with Crippen LogP contribution in [0.4, 0.5) is 6.01 Å². The molecule has 0 bridgehead atoms. The van der Waals surface area contributed by atoms with Gasteiger partial charge >= 0.3 is 6.01 Å². The summed E-state index contributed by atoms with van der Waals surface area (Å²) >= 11 is 0. The third-order valence-electron chi connectivity index (χ3n) is 3.44. The molecule has 2 heterocycles. The summed E-state index contributed by atoms with van der Waals surface area (Å²) in [5.41, 5.74) is 0.808. The van der Waals surface area contributed by atoms with Gasteiger partial charge in [0.25, 0.3) is 11.8 Å². The summed E-state index contributed by atoms with van der Waals surface area (Å²) < 4.78 is 34.0. The molecule has 8 nitrogen and oxygen atoms in total. The highest BCUT2D eigenvalue weighted by atomic mass is 32.2. The summed E-state index contributed by atoms with van der Waals surface area (Å²) in [7, 11) is -3.41. The van der Waals surface area contributed by atoms with Crippen LogP contribution in [0.1, 0.15) is 21.9 Å². The standard InChI is InChI=1S/C16H15N3O5S/c1-9-7-13(10(2)23-9)15-18-19-16(24-15)17-14(20)11-5-4-6-12(8-11)25(3,21)22/h4-8H,1-3H3,(H,17,19,20). The SMILES string of the molecule is Cc1cc(-c2nnc(NC(=O)c3cccc(S(C)(=O)=O)c3)o2)c(C)o1. The van der Waals surface area contributed by atoms with E-state index in [4.69, 9.17) is 8.83 Å². The monoisotopic (exact) mass is 361 g/mol. The lowest BCUT2D eigenvalue weighted by Crippen LogP contribution is -2.13. The van der Waals surface area contributed by atoms with E-state index < -0.39 is 15.7 Å². The Bertz CT molecular complexity index is 1050. The third kappa shape index (κ3) is 3.61. The summed E-state index contributed by atoms with van der Waals surface area (Å²) in [4.78, 5) is 12.3. The highest BCUT2D eigenvalue weighted by Crippen LogP contribution is 2.26. The number of aromatic nitrogens is 2. The summed E-state index contributed by atoms with van der Waals surface area (Å²) in [6, 6.07) is 7.34. The van der Waals surface area contributed by atoms with Crippen LogP contribution in [0.15, 0.2) is 44.1 Å². The smallest absolute Gasteiger partial charge is 0.322 e. The fourth-order valence-electron chi connectivity index (χ4n) is 2.26. The zero-order chi connectivity index (χ0) is 18.2. The molecule has 0 saturated carbocycles. The second-order valence-electron chi connectivity index (χ2n) is 5.49. The van der Waals surface area contributed by atoms with Crippen LogP contribution in [0.3, 0.4) is 0 Å². The van der Waals surface area contributed by atoms with Gasteiger partial charge in [0.1, 0.15) is 11.5 Å². The fraction of sp³-hybridized carbons (Fsp3) is 0.188. The van der Waals surface area contributed by atoms with E-state index >= 15 is 0 Å². The molecular weight excluding hydrogens is 346 g/mol. The Labute approximate surface area is 143 Å². The van der Waals surface area contributed by atoms with Gasteiger partial charge < -0.3 is 8.83 Å². The molecule has 1 aromatic carbocycles. The number of aryl methyl sites for hydroxylation is 2. The van der Waals surface area contributed by atoms with Crippen LogP contribution in [0, 0.1) is 13.8 Å². The summed E-state index contributed by atoms with van der Waals surface area (Å²) in [5.74, 6) is 0.990. The summed E-state index contributed by atoms with van der Waals surface area (Å²) in [6.07, 6.45) is 1.07. The van der Waals surface area contributed by atoms with Gasteiger partial charge in [0, 0.05) is 11.8 Å². The van der Waals surface area contributed by atoms with Crippen LogP contribution >= 0.6 is 0 Å². The van der Waals surface area contributed by atoms with Crippen molar-refractivity contribution in [1.29, 1.82) is 0 Å². The van der Waals surface area contributed by atoms with Crippen LogP contribution < -0.4 is 5.32 Å². The van der Waals surface area contributed by atoms with Gasteiger partial charge in [-0.2, -0.15) is 0 Å². The van der Waals surface area contributed by atoms with Crippen molar-refractivity contribution in [2.24, 2.45) is 0 Å². The van der Waals surface area contributed by atoms with Crippen molar-refractivity contribution in [2.75, 3.05) is 11.6 Å². The average molecular weight is 361 g/mol. The van der Waals surface area contributed by atoms with E-state index in [2.05, 4.69) is 15.5 Å². The predicted octanol–water partition coefficient (Wildman–Crippen LogP) is 2.60. The number of carbonyl (C=O) groups excluding carboxylic acids is 1. The number of carbonyl (C=O) groups is 1. The van der Waals surface area contributed by atoms with Gasteiger partial charge in [0.05, 0.1) is 10.5 Å². The van der Waals surface area contributed by atoms with E-state index in [1.165, 1.54) is 24.3 Å². The first kappa shape index (κ1) is 16.9. The second-order valence-corrected chi connectivity index (χ2v) is 7.51. The van der Waals surface area contributed by atoms with Crippen molar-refractivity contribution >= 4 is 21.8 Å². The quantitative estimate of drug-likeness (QED) is 0.759. The number of nitrogens with one attached hydrogen (secondary N) is 1. The molecule has 0 aliphatic rings. The molecular formula is C16H15N3O5S. The molecule has 0 spiro atoms. The van der Waals surface area contributed by atoms with Gasteiger partial charge in [-0.15, -0.1) is 5.10 Å². The number of amides is 1. The Balaban J connectivity index is 1.82. The van der Waals surface area contributed by atoms with E-state index in [-0.39, 0.29) is 22.4 Å². The van der Waals surface area contributed by atoms with Crippen molar-refractivity contribution in [3.63, 3.8) is 0 Å². The van der Waals surface area contributed by atoms with Gasteiger partial charge in [-0.1, -0.05) is 11.2 Å². The maximum atomic E-state index is 12.3. The van der Waals surface area contributed by atoms with Gasteiger partial charge in [0.15, 0.2) is 9.84 Å². The molecule has 0 unspecified atom stereocenters. The van der Waals surface area contributed by atoms with E-state index in [0.717, 1.165) is 6.26 Å². The number of hydrogen-bond acceptors (Lipinski definition) is 7. The molecule has 0 saturated heterocycles. The zero-order valence-corrected chi connectivity index (χ0v) is 14.5. The number of furan rings is 1. The van der Waals surface area contributed by atoms with Crippen molar-refractivity contribution < 1.29 is 22.0 Å². The molecule has 0 fully saturated rings. The predicted molar refractivity (Wildman–Crippen MR) is 89.0 cm³/mol. The maximum absolute atomic E-state index is 12.3. The summed E-state index contributed by atoms with van der Waals surface area (Å²) in [6.45, 7) is 3.56. The van der Waals surface area contributed by atoms with Gasteiger partial charge in [-0.25, -0.2) is 8.42 Å². The van der Waals surface area contributed by atoms with Gasteiger partial charge in [0.2, 0.25) is 0 Å². The molecule has 3 aromatic rings. The van der Waals surface area contributed by atoms with Crippen LogP contribution in [0.2, 0.25) is 0 Å². The third-order valence-corrected chi connectivity index (χ3v) is 4.55. The molecule has 0 radical (unpaired) electrons. The van der Waals surface area contributed by atoms with Crippen molar-refractivity contribution in [3.8, 4) is 11.5 Å². The van der Waals surface area contributed by atoms with E-state index in [0.29, 0.717) is 17.1 Å². The Hall–Kier alpha value is -2.94. The fourth-order valence-corrected chi connectivity index (χ4v) is 2.93. The molecule has 9 heteroatoms. The molecule has 130 valence electrons. The normalized spacial score (nSPS) is 11.5. The number of hydrogen-bond donors (Lipinski definition) is 1. The minimum absolute atomic E-state index is 0.0517. The zero-order valence-electron chi connectivity index (χ0n) is 13.7. The number of nitrogens with zero attached hydrogens (tertiary/aromatic N) is 2. The lowest BCUT2D eigenvalue weighted by atomic mass is 10.2. The highest BCUT2D eigenvalue weighted by molar-refractivity contribution is 7.90. The van der Waals surface area contributed by atoms with Crippen molar-refractivity contribution in [2.45, 2.75) is 18.7 Å². The lowest BCUT2D eigenvalue weighted by molar-refractivity contribution is 0.102. The molecule has 1 amide bonds. The van der Waals surface area contributed by atoms with Crippen LogP contribution in [0.25, 0.3) is 11.5 Å². The van der Waals surface area contributed by atoms with E-state index in [1.807, 2.05) is 0 Å². The topological polar surface area (TPSA) is 115 Å². The van der Waals surface area contributed by atoms with Crippen LogP contribution in [-0.2, 0) is 9.84 Å². The molecule has 0 atom stereocenters. The van der Waals surface area contributed by atoms with E-state index in [9.17, 15) is 13.2 Å². The first-order valence-electron chi connectivity index (χ1n) is 7.26. The lowest BCUT2D eigenvalue weighted by Gasteiger charge is -2.03. The summed E-state index contributed by atoms with van der Waals surface area (Å²) in [5, 5.41) is 10.1. The Morgan fingerprint density at radius 3 is 2.52 bits per heavy atom. The number of rotatable bonds is 4. The van der Waals surface area contributed by atoms with Crippen LogP contribution in [0.5, 0.6) is 0 Å². The Morgan fingerprint density at radius 2 is 1.88 bits per heavy atom. The molecule has 0 aliphatic heterocycles. The first-order chi connectivity index (χ1) is 11.7. The largest absolute Gasteiger partial charge is 0.466 e. The van der Waals surface area contributed by atoms with Crippen molar-refractivity contribution in [3.05, 3.63) is 47.4 Å². The molecule has 25 heavy (non-hydrogen) atoms. The van der Waals surface area contributed by atoms with Crippen molar-refractivity contribution in [1.82, 2.24) is 10.2 Å². The van der Waals surface area contributed by atoms with Crippen LogP contribution in [-0.4, -0.2) is 30.8 Å². The minimum atomic E-state index is -3.41. The van der Waals surface area contributed by atoms with Gasteiger partial charge in [-0.3, -0.25) is 10.1 Å². The molecule has 0 aliphatic carbocycles. The molecule has 1 N–H and O–H groups in total. The van der Waals surface area contributed by atoms with E-state index in [1.54, 1.807) is 19.9 Å². The average Bonchev–Trinajstić information content (AvgIpc) is 3.12. The highest BCUT2D eigenvalue weighted by Gasteiger charge is 2.17. The maximum Gasteiger partial charge on any atom is 0.322 e. The van der Waals surface area contributed by atoms with Gasteiger partial charge in [-0.05, 0) is 38.1 Å². The molecule has 2 aromatic heterocycles. The minimum Gasteiger partial charge on any atom is -0.466 e. The second kappa shape index (κ2) is 6.17. The number of anilines is 1. The molecule has 3 rings (SSSR count). The Morgan fingerprint density at radius 1 is 1.12 bits per heavy atom. The number of sulfone groups is 1. The first-order valence-corrected chi connectivity index (χ1v) is 9.15.